The molecular weight excluding hydrogens is 534 g/mol. The van der Waals surface area contributed by atoms with Crippen molar-refractivity contribution in [2.75, 3.05) is 18.1 Å². The molecule has 1 saturated heterocycles. The number of hydrogen-bond donors (Lipinski definition) is 2. The van der Waals surface area contributed by atoms with E-state index in [1.165, 1.54) is 11.8 Å². The predicted octanol–water partition coefficient (Wildman–Crippen LogP) is -1.62. The molecule has 5 rings (SSSR count). The molecule has 194 valence electrons. The van der Waals surface area contributed by atoms with E-state index >= 15 is 0 Å². The number of oxime groups is 1. The Morgan fingerprint density at radius 2 is 2.26 bits per heavy atom. The molecule has 5 heterocycles. The van der Waals surface area contributed by atoms with E-state index in [0.29, 0.717) is 16.9 Å². The molecule has 0 aliphatic carbocycles. The van der Waals surface area contributed by atoms with Gasteiger partial charge >= 0.3 is 0 Å². The van der Waals surface area contributed by atoms with Crippen molar-refractivity contribution in [3.05, 3.63) is 53.4 Å². The molecular formula is C22H19N9O5S2. The first kappa shape index (κ1) is 25.2. The molecule has 0 unspecified atom stereocenters. The van der Waals surface area contributed by atoms with Crippen molar-refractivity contribution in [1.82, 2.24) is 24.1 Å². The van der Waals surface area contributed by atoms with Gasteiger partial charge in [0.2, 0.25) is 17.2 Å². The number of imidazole rings is 1. The summed E-state index contributed by atoms with van der Waals surface area (Å²) in [5, 5.41) is 27.4. The Kier molecular flexibility index (Phi) is 6.70. The number of nitrogens with one attached hydrogen (secondary N) is 1. The summed E-state index contributed by atoms with van der Waals surface area (Å²) in [5.74, 6) is -2.68. The summed E-state index contributed by atoms with van der Waals surface area (Å²) < 4.78 is 7.40. The molecule has 16 heteroatoms. The van der Waals surface area contributed by atoms with Gasteiger partial charge in [-0.3, -0.25) is 14.5 Å². The van der Waals surface area contributed by atoms with E-state index in [0.717, 1.165) is 16.4 Å². The maximum absolute atomic E-state index is 13.1. The van der Waals surface area contributed by atoms with E-state index < -0.39 is 29.2 Å². The second-order valence-electron chi connectivity index (χ2n) is 8.10. The number of nitriles is 1. The van der Waals surface area contributed by atoms with Gasteiger partial charge in [0.05, 0.1) is 17.9 Å². The maximum Gasteiger partial charge on any atom is 0.287 e. The van der Waals surface area contributed by atoms with Crippen LogP contribution in [0.3, 0.4) is 0 Å². The fraction of sp³-hybridized carbons (Fsp3) is 0.273. The Morgan fingerprint density at radius 1 is 1.45 bits per heavy atom. The molecule has 2 amide bonds. The third-order valence-corrected chi connectivity index (χ3v) is 7.71. The van der Waals surface area contributed by atoms with Gasteiger partial charge in [-0.2, -0.15) is 19.0 Å². The van der Waals surface area contributed by atoms with Crippen LogP contribution in [0.1, 0.15) is 18.4 Å². The predicted molar refractivity (Wildman–Crippen MR) is 132 cm³/mol. The quantitative estimate of drug-likeness (QED) is 0.142. The van der Waals surface area contributed by atoms with Crippen molar-refractivity contribution < 1.29 is 28.7 Å². The molecule has 2 aliphatic heterocycles. The summed E-state index contributed by atoms with van der Waals surface area (Å²) in [6.45, 7) is 1.98. The Hall–Kier alpha value is -4.49. The average molecular weight is 554 g/mol. The first-order chi connectivity index (χ1) is 18.3. The first-order valence-corrected chi connectivity index (χ1v) is 13.0. The van der Waals surface area contributed by atoms with Gasteiger partial charge in [-0.25, -0.2) is 4.57 Å². The molecule has 3 N–H and O–H groups in total. The van der Waals surface area contributed by atoms with Crippen LogP contribution in [0.15, 0.2) is 47.0 Å². The Morgan fingerprint density at radius 3 is 2.95 bits per heavy atom. The van der Waals surface area contributed by atoms with Gasteiger partial charge in [0.1, 0.15) is 36.8 Å². The molecule has 14 nitrogen and oxygen atoms in total. The maximum atomic E-state index is 13.1. The molecule has 3 aromatic heterocycles. The molecule has 2 aliphatic rings. The number of rotatable bonds is 8. The molecule has 0 radical (unpaired) electrons. The molecule has 38 heavy (non-hydrogen) atoms. The summed E-state index contributed by atoms with van der Waals surface area (Å²) in [6.07, 6.45) is 3.35. The number of carbonyl (C=O) groups is 3. The summed E-state index contributed by atoms with van der Waals surface area (Å²) >= 11 is 2.17. The van der Waals surface area contributed by atoms with Crippen LogP contribution in [0, 0.1) is 11.3 Å². The number of aromatic nitrogens is 4. The largest absolute Gasteiger partial charge is 0.543 e. The van der Waals surface area contributed by atoms with Crippen LogP contribution >= 0.6 is 23.3 Å². The number of carbonyl (C=O) groups excluding carboxylic acids is 3. The molecule has 0 bridgehead atoms. The van der Waals surface area contributed by atoms with E-state index in [-0.39, 0.29) is 41.3 Å². The fourth-order valence-corrected chi connectivity index (χ4v) is 5.98. The number of aliphatic carboxylic acids is 1. The highest BCUT2D eigenvalue weighted by atomic mass is 32.2. The van der Waals surface area contributed by atoms with Crippen molar-refractivity contribution in [3.8, 4) is 6.07 Å². The Labute approximate surface area is 223 Å². The van der Waals surface area contributed by atoms with Crippen molar-refractivity contribution in [3.63, 3.8) is 0 Å². The highest BCUT2D eigenvalue weighted by molar-refractivity contribution is 8.00. The minimum absolute atomic E-state index is 0.0514. The number of anilines is 1. The zero-order valence-electron chi connectivity index (χ0n) is 19.7. The first-order valence-electron chi connectivity index (χ1n) is 11.2. The zero-order valence-corrected chi connectivity index (χ0v) is 21.4. The van der Waals surface area contributed by atoms with Gasteiger partial charge in [-0.15, -0.1) is 11.8 Å². The summed E-state index contributed by atoms with van der Waals surface area (Å²) in [4.78, 5) is 48.3. The number of carboxylic acids is 1. The SMILES string of the molecule is CCO/N=C(\C(=O)N[C@@H]1C(=O)N2C(C(=O)[O-])=C(Cn3cc(C#N)[n+]4ccccc34)CS[C@@H]12)c1nsc(N)n1. The third-order valence-electron chi connectivity index (χ3n) is 5.83. The van der Waals surface area contributed by atoms with E-state index in [4.69, 9.17) is 10.6 Å². The lowest BCUT2D eigenvalue weighted by Crippen LogP contribution is -2.71. The Bertz CT molecular complexity index is 1570. The van der Waals surface area contributed by atoms with Crippen LogP contribution in [0.4, 0.5) is 5.13 Å². The molecule has 3 aromatic rings. The second kappa shape index (κ2) is 10.1. The fourth-order valence-electron chi connectivity index (χ4n) is 4.21. The number of nitrogen functional groups attached to an aromatic ring is 1. The van der Waals surface area contributed by atoms with E-state index in [2.05, 4.69) is 25.9 Å². The number of pyridine rings is 1. The van der Waals surface area contributed by atoms with E-state index in [1.807, 2.05) is 0 Å². The lowest BCUT2D eigenvalue weighted by Gasteiger charge is -2.50. The van der Waals surface area contributed by atoms with Gasteiger partial charge in [0, 0.05) is 28.9 Å². The number of fused-ring (bicyclic) bond motifs is 2. The minimum Gasteiger partial charge on any atom is -0.543 e. The van der Waals surface area contributed by atoms with E-state index in [1.54, 1.807) is 46.5 Å². The van der Waals surface area contributed by atoms with Crippen molar-refractivity contribution in [2.45, 2.75) is 24.9 Å². The lowest BCUT2D eigenvalue weighted by molar-refractivity contribution is -0.513. The molecule has 0 saturated carbocycles. The number of carboxylic acid groups (broad SMARTS) is 1. The standard InChI is InChI=1S/C22H19N9O5S2/c1-2-36-27-14(17-26-22(24)38-28-17)18(32)25-15-19(33)31-16(21(34)35)11(10-37-20(15)31)8-29-9-12(7-23)30-6-4-3-5-13(29)30/h3-6,9,15,20H,2,8,10H2,1H3,(H3-,24,25,26,28,32,34,35)/b27-14-/t15-,20+/m1/s1. The van der Waals surface area contributed by atoms with Gasteiger partial charge < -0.3 is 25.8 Å². The van der Waals surface area contributed by atoms with Crippen molar-refractivity contribution >= 4 is 57.6 Å². The van der Waals surface area contributed by atoms with Gasteiger partial charge in [-0.05, 0) is 13.0 Å². The van der Waals surface area contributed by atoms with Crippen LogP contribution in [-0.4, -0.2) is 66.1 Å². The number of hydrogen-bond acceptors (Lipinski definition) is 12. The highest BCUT2D eigenvalue weighted by Crippen LogP contribution is 2.40. The molecule has 0 spiro atoms. The summed E-state index contributed by atoms with van der Waals surface area (Å²) in [6, 6.07) is 6.47. The van der Waals surface area contributed by atoms with Gasteiger partial charge in [0.15, 0.2) is 5.13 Å². The van der Waals surface area contributed by atoms with Gasteiger partial charge in [0.25, 0.3) is 17.5 Å². The number of thioether (sulfide) groups is 1. The normalized spacial score (nSPS) is 19.1. The van der Waals surface area contributed by atoms with Gasteiger partial charge in [-0.1, -0.05) is 11.2 Å². The van der Waals surface area contributed by atoms with Crippen molar-refractivity contribution in [2.24, 2.45) is 5.16 Å². The number of nitrogens with two attached hydrogens (primary N) is 1. The lowest BCUT2D eigenvalue weighted by atomic mass is 10.0. The molecule has 1 fully saturated rings. The molecule has 2 atom stereocenters. The third kappa shape index (κ3) is 4.31. The average Bonchev–Trinajstić information content (AvgIpc) is 3.50. The number of nitrogens with zero attached hydrogens (tertiary/aromatic N) is 7. The monoisotopic (exact) mass is 553 g/mol. The van der Waals surface area contributed by atoms with Crippen LogP contribution in [-0.2, 0) is 25.8 Å². The zero-order chi connectivity index (χ0) is 27.0. The van der Waals surface area contributed by atoms with Crippen LogP contribution in [0.5, 0.6) is 0 Å². The highest BCUT2D eigenvalue weighted by Gasteiger charge is 2.53. The smallest absolute Gasteiger partial charge is 0.287 e. The van der Waals surface area contributed by atoms with Crippen LogP contribution in [0.2, 0.25) is 0 Å². The summed E-state index contributed by atoms with van der Waals surface area (Å²) in [7, 11) is 0. The number of amides is 2. The van der Waals surface area contributed by atoms with Crippen molar-refractivity contribution in [1.29, 1.82) is 5.26 Å². The Balaban J connectivity index is 1.39. The second-order valence-corrected chi connectivity index (χ2v) is 9.99. The van der Waals surface area contributed by atoms with E-state index in [9.17, 15) is 24.8 Å². The number of β-lactam (4-membered cyclic amide) rings is 1. The molecule has 0 aromatic carbocycles. The van der Waals surface area contributed by atoms with Crippen LogP contribution < -0.4 is 20.6 Å². The minimum atomic E-state index is -1.51. The topological polar surface area (TPSA) is 196 Å². The summed E-state index contributed by atoms with van der Waals surface area (Å²) in [5.41, 5.74) is 6.61. The van der Waals surface area contributed by atoms with Crippen LogP contribution in [0.25, 0.3) is 5.65 Å².